The van der Waals surface area contributed by atoms with Crippen LogP contribution in [0.1, 0.15) is 19.8 Å². The van der Waals surface area contributed by atoms with Gasteiger partial charge in [-0.15, -0.1) is 0 Å². The summed E-state index contributed by atoms with van der Waals surface area (Å²) < 4.78 is 5.58. The molecule has 0 bridgehead atoms. The molecule has 0 aliphatic heterocycles. The van der Waals surface area contributed by atoms with Crippen molar-refractivity contribution in [2.24, 2.45) is 0 Å². The molecule has 18 heavy (non-hydrogen) atoms. The Morgan fingerprint density at radius 3 is 2.56 bits per heavy atom. The van der Waals surface area contributed by atoms with Crippen molar-refractivity contribution in [1.29, 1.82) is 0 Å². The molecule has 2 rings (SSSR count). The van der Waals surface area contributed by atoms with Crippen LogP contribution >= 0.6 is 0 Å². The zero-order valence-corrected chi connectivity index (χ0v) is 10.3. The van der Waals surface area contributed by atoms with Crippen LogP contribution < -0.4 is 10.3 Å². The molecule has 1 aromatic heterocycles. The summed E-state index contributed by atoms with van der Waals surface area (Å²) in [6, 6.07) is 10.9. The largest absolute Gasteiger partial charge is 0.494 e. The Labute approximate surface area is 106 Å². The molecule has 0 saturated heterocycles. The number of benzene rings is 1. The van der Waals surface area contributed by atoms with Gasteiger partial charge in [0.1, 0.15) is 5.75 Å². The summed E-state index contributed by atoms with van der Waals surface area (Å²) in [6.45, 7) is 2.88. The lowest BCUT2D eigenvalue weighted by Gasteiger charge is -2.06. The van der Waals surface area contributed by atoms with Gasteiger partial charge in [-0.1, -0.05) is 13.3 Å². The van der Waals surface area contributed by atoms with Gasteiger partial charge in [-0.3, -0.25) is 4.79 Å². The van der Waals surface area contributed by atoms with E-state index >= 15 is 0 Å². The second-order valence-electron chi connectivity index (χ2n) is 4.03. The first-order chi connectivity index (χ1) is 8.79. The molecular formula is C14H16N2O2. The summed E-state index contributed by atoms with van der Waals surface area (Å²) in [6.07, 6.45) is 2.18. The van der Waals surface area contributed by atoms with E-state index < -0.39 is 0 Å². The van der Waals surface area contributed by atoms with Crippen molar-refractivity contribution in [1.82, 2.24) is 10.2 Å². The van der Waals surface area contributed by atoms with Crippen molar-refractivity contribution in [3.63, 3.8) is 0 Å². The van der Waals surface area contributed by atoms with E-state index in [1.54, 1.807) is 6.07 Å². The highest BCUT2D eigenvalue weighted by atomic mass is 16.5. The van der Waals surface area contributed by atoms with Crippen LogP contribution in [0.4, 0.5) is 0 Å². The van der Waals surface area contributed by atoms with Crippen molar-refractivity contribution in [3.05, 3.63) is 46.8 Å². The van der Waals surface area contributed by atoms with Crippen LogP contribution in [0.25, 0.3) is 11.3 Å². The second kappa shape index (κ2) is 6.00. The van der Waals surface area contributed by atoms with Gasteiger partial charge in [0.25, 0.3) is 5.56 Å². The summed E-state index contributed by atoms with van der Waals surface area (Å²) in [7, 11) is 0. The number of rotatable bonds is 5. The summed E-state index contributed by atoms with van der Waals surface area (Å²) in [5.74, 6) is 0.858. The normalized spacial score (nSPS) is 10.3. The number of aromatic amines is 1. The van der Waals surface area contributed by atoms with Crippen LogP contribution in [0.5, 0.6) is 5.75 Å². The minimum absolute atomic E-state index is 0.196. The van der Waals surface area contributed by atoms with Crippen LogP contribution in [0, 0.1) is 0 Å². The molecule has 4 nitrogen and oxygen atoms in total. The Balaban J connectivity index is 2.07. The zero-order valence-electron chi connectivity index (χ0n) is 10.3. The van der Waals surface area contributed by atoms with E-state index in [0.717, 1.165) is 36.5 Å². The Kier molecular flexibility index (Phi) is 4.12. The second-order valence-corrected chi connectivity index (χ2v) is 4.03. The van der Waals surface area contributed by atoms with Crippen LogP contribution in [-0.4, -0.2) is 16.8 Å². The molecule has 0 atom stereocenters. The van der Waals surface area contributed by atoms with Crippen molar-refractivity contribution in [2.75, 3.05) is 6.61 Å². The average molecular weight is 244 g/mol. The predicted molar refractivity (Wildman–Crippen MR) is 70.7 cm³/mol. The lowest BCUT2D eigenvalue weighted by atomic mass is 10.1. The highest BCUT2D eigenvalue weighted by molar-refractivity contribution is 5.59. The third-order valence-electron chi connectivity index (χ3n) is 2.60. The zero-order chi connectivity index (χ0) is 12.8. The quantitative estimate of drug-likeness (QED) is 0.822. The predicted octanol–water partition coefficient (Wildman–Crippen LogP) is 2.62. The minimum atomic E-state index is -0.196. The first-order valence-corrected chi connectivity index (χ1v) is 6.08. The summed E-state index contributed by atoms with van der Waals surface area (Å²) >= 11 is 0. The number of hydrogen-bond donors (Lipinski definition) is 1. The first kappa shape index (κ1) is 12.4. The van der Waals surface area contributed by atoms with E-state index in [9.17, 15) is 4.79 Å². The number of ether oxygens (including phenoxy) is 1. The molecule has 0 radical (unpaired) electrons. The van der Waals surface area contributed by atoms with Crippen LogP contribution in [0.3, 0.4) is 0 Å². The summed E-state index contributed by atoms with van der Waals surface area (Å²) in [5.41, 5.74) is 1.50. The van der Waals surface area contributed by atoms with Gasteiger partial charge >= 0.3 is 0 Å². The topological polar surface area (TPSA) is 55.0 Å². The SMILES string of the molecule is CCCCOc1ccc(-c2ccc(=O)[nH]n2)cc1. The lowest BCUT2D eigenvalue weighted by molar-refractivity contribution is 0.309. The number of H-pyrrole nitrogens is 1. The number of hydrogen-bond acceptors (Lipinski definition) is 3. The summed E-state index contributed by atoms with van der Waals surface area (Å²) in [5, 5.41) is 6.39. The van der Waals surface area contributed by atoms with Gasteiger partial charge in [0.15, 0.2) is 0 Å². The Morgan fingerprint density at radius 1 is 1.17 bits per heavy atom. The number of unbranched alkanes of at least 4 members (excludes halogenated alkanes) is 1. The summed E-state index contributed by atoms with van der Waals surface area (Å²) in [4.78, 5) is 10.9. The third kappa shape index (κ3) is 3.20. The fourth-order valence-corrected chi connectivity index (χ4v) is 1.56. The smallest absolute Gasteiger partial charge is 0.264 e. The maximum Gasteiger partial charge on any atom is 0.264 e. The molecule has 0 aliphatic rings. The van der Waals surface area contributed by atoms with Crippen LogP contribution in [0.2, 0.25) is 0 Å². The lowest BCUT2D eigenvalue weighted by Crippen LogP contribution is -2.05. The highest BCUT2D eigenvalue weighted by Gasteiger charge is 2.00. The van der Waals surface area contributed by atoms with Gasteiger partial charge < -0.3 is 4.74 Å². The molecule has 94 valence electrons. The maximum atomic E-state index is 10.9. The van der Waals surface area contributed by atoms with Crippen molar-refractivity contribution in [2.45, 2.75) is 19.8 Å². The van der Waals surface area contributed by atoms with Crippen LogP contribution in [-0.2, 0) is 0 Å². The van der Waals surface area contributed by atoms with Gasteiger partial charge in [-0.05, 0) is 36.8 Å². The molecule has 0 fully saturated rings. The van der Waals surface area contributed by atoms with E-state index in [1.165, 1.54) is 6.07 Å². The molecule has 0 spiro atoms. The van der Waals surface area contributed by atoms with E-state index in [0.29, 0.717) is 0 Å². The van der Waals surface area contributed by atoms with E-state index in [-0.39, 0.29) is 5.56 Å². The van der Waals surface area contributed by atoms with Gasteiger partial charge in [0.2, 0.25) is 0 Å². The minimum Gasteiger partial charge on any atom is -0.494 e. The van der Waals surface area contributed by atoms with E-state index in [4.69, 9.17) is 4.74 Å². The Bertz CT molecular complexity index is 526. The molecule has 1 heterocycles. The number of aromatic nitrogens is 2. The number of nitrogens with zero attached hydrogens (tertiary/aromatic N) is 1. The van der Waals surface area contributed by atoms with Gasteiger partial charge in [-0.25, -0.2) is 5.10 Å². The van der Waals surface area contributed by atoms with Gasteiger partial charge in [0, 0.05) is 11.6 Å². The van der Waals surface area contributed by atoms with Crippen molar-refractivity contribution in [3.8, 4) is 17.0 Å². The van der Waals surface area contributed by atoms with Gasteiger partial charge in [0.05, 0.1) is 12.3 Å². The van der Waals surface area contributed by atoms with E-state index in [1.807, 2.05) is 24.3 Å². The molecular weight excluding hydrogens is 228 g/mol. The molecule has 0 amide bonds. The average Bonchev–Trinajstić information content (AvgIpc) is 2.41. The monoisotopic (exact) mass is 244 g/mol. The molecule has 0 aliphatic carbocycles. The standard InChI is InChI=1S/C14H16N2O2/c1-2-3-10-18-12-6-4-11(5-7-12)13-8-9-14(17)16-15-13/h4-9H,2-3,10H2,1H3,(H,16,17). The molecule has 2 aromatic rings. The van der Waals surface area contributed by atoms with E-state index in [2.05, 4.69) is 17.1 Å². The fourth-order valence-electron chi connectivity index (χ4n) is 1.56. The maximum absolute atomic E-state index is 10.9. The Hall–Kier alpha value is -2.10. The van der Waals surface area contributed by atoms with Gasteiger partial charge in [-0.2, -0.15) is 5.10 Å². The molecule has 0 unspecified atom stereocenters. The number of nitrogens with one attached hydrogen (secondary N) is 1. The third-order valence-corrected chi connectivity index (χ3v) is 2.60. The highest BCUT2D eigenvalue weighted by Crippen LogP contribution is 2.19. The van der Waals surface area contributed by atoms with Crippen LogP contribution in [0.15, 0.2) is 41.2 Å². The van der Waals surface area contributed by atoms with Crippen molar-refractivity contribution >= 4 is 0 Å². The Morgan fingerprint density at radius 2 is 1.94 bits per heavy atom. The first-order valence-electron chi connectivity index (χ1n) is 6.08. The molecule has 1 N–H and O–H groups in total. The molecule has 4 heteroatoms. The fraction of sp³-hybridized carbons (Fsp3) is 0.286. The molecule has 0 saturated carbocycles. The van der Waals surface area contributed by atoms with Crippen molar-refractivity contribution < 1.29 is 4.74 Å². The molecule has 1 aromatic carbocycles.